The van der Waals surface area contributed by atoms with E-state index in [9.17, 15) is 4.79 Å². The predicted molar refractivity (Wildman–Crippen MR) is 71.0 cm³/mol. The molecule has 1 amide bonds. The van der Waals surface area contributed by atoms with Gasteiger partial charge in [-0.1, -0.05) is 31.7 Å². The van der Waals surface area contributed by atoms with E-state index in [1.54, 1.807) is 4.90 Å². The van der Waals surface area contributed by atoms with Crippen molar-refractivity contribution in [3.8, 4) is 0 Å². The van der Waals surface area contributed by atoms with Crippen LogP contribution in [-0.2, 0) is 4.79 Å². The van der Waals surface area contributed by atoms with Gasteiger partial charge in [-0.3, -0.25) is 4.79 Å². The molecule has 1 fully saturated rings. The summed E-state index contributed by atoms with van der Waals surface area (Å²) in [5.74, 6) is 0.0717. The van der Waals surface area contributed by atoms with Crippen molar-refractivity contribution in [3.05, 3.63) is 53.6 Å². The number of carbonyl (C=O) groups is 1. The lowest BCUT2D eigenvalue weighted by Gasteiger charge is -2.15. The number of rotatable bonds is 2. The lowest BCUT2D eigenvalue weighted by Crippen LogP contribution is -2.24. The van der Waals surface area contributed by atoms with Gasteiger partial charge in [-0.05, 0) is 36.6 Å². The SMILES string of the molecule is C=C1CN(c2cccc(C)c2)C(=O)/C1=C/CC. The Kier molecular flexibility index (Phi) is 3.14. The molecule has 1 aromatic carbocycles. The van der Waals surface area contributed by atoms with Crippen molar-refractivity contribution in [3.63, 3.8) is 0 Å². The maximum atomic E-state index is 12.2. The van der Waals surface area contributed by atoms with Crippen molar-refractivity contribution in [1.82, 2.24) is 0 Å². The summed E-state index contributed by atoms with van der Waals surface area (Å²) in [6, 6.07) is 8.00. The topological polar surface area (TPSA) is 20.3 Å². The minimum atomic E-state index is 0.0717. The first-order valence-corrected chi connectivity index (χ1v) is 5.90. The van der Waals surface area contributed by atoms with Gasteiger partial charge in [-0.2, -0.15) is 0 Å². The Bertz CT molecular complexity index is 499. The Balaban J connectivity index is 2.34. The normalized spacial score (nSPS) is 18.2. The molecule has 1 aliphatic rings. The number of carbonyl (C=O) groups excluding carboxylic acids is 1. The van der Waals surface area contributed by atoms with Crippen LogP contribution in [0.5, 0.6) is 0 Å². The summed E-state index contributed by atoms with van der Waals surface area (Å²) in [4.78, 5) is 14.0. The molecule has 0 unspecified atom stereocenters. The molecule has 1 saturated heterocycles. The second-order valence-electron chi connectivity index (χ2n) is 4.36. The van der Waals surface area contributed by atoms with Gasteiger partial charge < -0.3 is 4.90 Å². The maximum Gasteiger partial charge on any atom is 0.258 e. The molecule has 0 bridgehead atoms. The van der Waals surface area contributed by atoms with Crippen molar-refractivity contribution in [2.75, 3.05) is 11.4 Å². The standard InChI is InChI=1S/C15H17NO/c1-4-6-14-12(3)10-16(15(14)17)13-8-5-7-11(2)9-13/h5-9H,3-4,10H2,1-2H3/b14-6+. The summed E-state index contributed by atoms with van der Waals surface area (Å²) in [6.07, 6.45) is 2.82. The molecular weight excluding hydrogens is 210 g/mol. The minimum absolute atomic E-state index is 0.0717. The van der Waals surface area contributed by atoms with Crippen LogP contribution in [0.25, 0.3) is 0 Å². The fraction of sp³-hybridized carbons (Fsp3) is 0.267. The highest BCUT2D eigenvalue weighted by atomic mass is 16.2. The quantitative estimate of drug-likeness (QED) is 0.710. The molecule has 2 nitrogen and oxygen atoms in total. The van der Waals surface area contributed by atoms with E-state index in [2.05, 4.69) is 6.58 Å². The second-order valence-corrected chi connectivity index (χ2v) is 4.36. The fourth-order valence-electron chi connectivity index (χ4n) is 2.08. The van der Waals surface area contributed by atoms with Gasteiger partial charge in [-0.25, -0.2) is 0 Å². The van der Waals surface area contributed by atoms with Crippen molar-refractivity contribution < 1.29 is 4.79 Å². The summed E-state index contributed by atoms with van der Waals surface area (Å²) < 4.78 is 0. The average molecular weight is 227 g/mol. The molecular formula is C15H17NO. The Morgan fingerprint density at radius 1 is 1.47 bits per heavy atom. The van der Waals surface area contributed by atoms with E-state index in [-0.39, 0.29) is 5.91 Å². The van der Waals surface area contributed by atoms with Gasteiger partial charge >= 0.3 is 0 Å². The van der Waals surface area contributed by atoms with E-state index in [1.165, 1.54) is 0 Å². The molecule has 1 aliphatic heterocycles. The molecule has 88 valence electrons. The zero-order valence-corrected chi connectivity index (χ0v) is 10.4. The molecule has 1 heterocycles. The largest absolute Gasteiger partial charge is 0.304 e. The summed E-state index contributed by atoms with van der Waals surface area (Å²) in [6.45, 7) is 8.64. The highest BCUT2D eigenvalue weighted by Gasteiger charge is 2.29. The van der Waals surface area contributed by atoms with E-state index in [4.69, 9.17) is 0 Å². The Morgan fingerprint density at radius 3 is 2.88 bits per heavy atom. The van der Waals surface area contributed by atoms with E-state index in [0.717, 1.165) is 28.8 Å². The molecule has 0 saturated carbocycles. The van der Waals surface area contributed by atoms with E-state index < -0.39 is 0 Å². The number of benzene rings is 1. The average Bonchev–Trinajstić information content (AvgIpc) is 2.57. The van der Waals surface area contributed by atoms with Crippen LogP contribution in [0.15, 0.2) is 48.1 Å². The van der Waals surface area contributed by atoms with Crippen LogP contribution in [-0.4, -0.2) is 12.5 Å². The van der Waals surface area contributed by atoms with Crippen LogP contribution in [0.2, 0.25) is 0 Å². The fourth-order valence-corrected chi connectivity index (χ4v) is 2.08. The van der Waals surface area contributed by atoms with Crippen molar-refractivity contribution in [1.29, 1.82) is 0 Å². The number of hydrogen-bond donors (Lipinski definition) is 0. The van der Waals surface area contributed by atoms with Gasteiger partial charge in [0.05, 0.1) is 6.54 Å². The van der Waals surface area contributed by atoms with Crippen LogP contribution in [0.1, 0.15) is 18.9 Å². The highest BCUT2D eigenvalue weighted by Crippen LogP contribution is 2.28. The summed E-state index contributed by atoms with van der Waals surface area (Å²) in [5.41, 5.74) is 3.80. The third-order valence-corrected chi connectivity index (χ3v) is 2.93. The number of anilines is 1. The van der Waals surface area contributed by atoms with E-state index in [0.29, 0.717) is 6.54 Å². The third-order valence-electron chi connectivity index (χ3n) is 2.93. The molecule has 2 heteroatoms. The van der Waals surface area contributed by atoms with Crippen LogP contribution in [0.4, 0.5) is 5.69 Å². The molecule has 0 aliphatic carbocycles. The van der Waals surface area contributed by atoms with Crippen molar-refractivity contribution in [2.45, 2.75) is 20.3 Å². The van der Waals surface area contributed by atoms with Gasteiger partial charge in [0.1, 0.15) is 0 Å². The Labute approximate surface area is 102 Å². The van der Waals surface area contributed by atoms with Crippen molar-refractivity contribution in [2.24, 2.45) is 0 Å². The maximum absolute atomic E-state index is 12.2. The number of nitrogens with zero attached hydrogens (tertiary/aromatic N) is 1. The minimum Gasteiger partial charge on any atom is -0.304 e. The summed E-state index contributed by atoms with van der Waals surface area (Å²) in [7, 11) is 0. The van der Waals surface area contributed by atoms with Gasteiger partial charge in [0.25, 0.3) is 5.91 Å². The molecule has 0 aromatic heterocycles. The first kappa shape index (κ1) is 11.6. The van der Waals surface area contributed by atoms with Crippen molar-refractivity contribution >= 4 is 11.6 Å². The van der Waals surface area contributed by atoms with E-state index >= 15 is 0 Å². The predicted octanol–water partition coefficient (Wildman–Crippen LogP) is 3.23. The van der Waals surface area contributed by atoms with Gasteiger partial charge in [0, 0.05) is 11.3 Å². The van der Waals surface area contributed by atoms with Gasteiger partial charge in [0.2, 0.25) is 0 Å². The Morgan fingerprint density at radius 2 is 2.24 bits per heavy atom. The zero-order chi connectivity index (χ0) is 12.4. The molecule has 2 rings (SSSR count). The van der Waals surface area contributed by atoms with Crippen LogP contribution >= 0.6 is 0 Å². The highest BCUT2D eigenvalue weighted by molar-refractivity contribution is 6.12. The monoisotopic (exact) mass is 227 g/mol. The van der Waals surface area contributed by atoms with Crippen LogP contribution < -0.4 is 4.90 Å². The zero-order valence-electron chi connectivity index (χ0n) is 10.4. The number of aryl methyl sites for hydroxylation is 1. The second kappa shape index (κ2) is 4.58. The Hall–Kier alpha value is -1.83. The molecule has 17 heavy (non-hydrogen) atoms. The lowest BCUT2D eigenvalue weighted by molar-refractivity contribution is -0.114. The first-order chi connectivity index (χ1) is 8.13. The van der Waals surface area contributed by atoms with Gasteiger partial charge in [0.15, 0.2) is 0 Å². The smallest absolute Gasteiger partial charge is 0.258 e. The first-order valence-electron chi connectivity index (χ1n) is 5.90. The summed E-state index contributed by atoms with van der Waals surface area (Å²) >= 11 is 0. The third kappa shape index (κ3) is 2.16. The number of allylic oxidation sites excluding steroid dienone is 1. The summed E-state index contributed by atoms with van der Waals surface area (Å²) in [5, 5.41) is 0. The number of hydrogen-bond acceptors (Lipinski definition) is 1. The molecule has 0 spiro atoms. The van der Waals surface area contributed by atoms with Crippen LogP contribution in [0.3, 0.4) is 0 Å². The van der Waals surface area contributed by atoms with Gasteiger partial charge in [-0.15, -0.1) is 0 Å². The lowest BCUT2D eigenvalue weighted by atomic mass is 10.1. The molecule has 0 radical (unpaired) electrons. The molecule has 0 atom stereocenters. The molecule has 0 N–H and O–H groups in total. The van der Waals surface area contributed by atoms with Crippen LogP contribution in [0, 0.1) is 6.92 Å². The number of amides is 1. The van der Waals surface area contributed by atoms with E-state index in [1.807, 2.05) is 44.2 Å². The molecule has 1 aromatic rings.